The Morgan fingerprint density at radius 3 is 2.00 bits per heavy atom. The predicted molar refractivity (Wildman–Crippen MR) is 125 cm³/mol. The number of hydrogen-bond acceptors (Lipinski definition) is 2. The minimum absolute atomic E-state index is 0.0116. The van der Waals surface area contributed by atoms with E-state index in [-0.39, 0.29) is 5.41 Å². The van der Waals surface area contributed by atoms with Crippen molar-refractivity contribution >= 4 is 10.9 Å². The van der Waals surface area contributed by atoms with E-state index in [9.17, 15) is 0 Å². The smallest absolute Gasteiger partial charge is 0.121 e. The summed E-state index contributed by atoms with van der Waals surface area (Å²) in [6, 6.07) is 32.4. The van der Waals surface area contributed by atoms with E-state index in [0.29, 0.717) is 0 Å². The summed E-state index contributed by atoms with van der Waals surface area (Å²) in [6.07, 6.45) is 4.20. The fraction of sp³-hybridized carbons (Fsp3) is 0.250. The van der Waals surface area contributed by atoms with Gasteiger partial charge in [0.2, 0.25) is 0 Å². The first-order valence-corrected chi connectivity index (χ1v) is 10.8. The van der Waals surface area contributed by atoms with Gasteiger partial charge in [0.05, 0.1) is 12.6 Å². The first-order valence-electron chi connectivity index (χ1n) is 10.8. The highest BCUT2D eigenvalue weighted by molar-refractivity contribution is 5.80. The van der Waals surface area contributed by atoms with Gasteiger partial charge in [-0.25, -0.2) is 0 Å². The van der Waals surface area contributed by atoms with E-state index in [4.69, 9.17) is 9.72 Å². The molecule has 0 saturated heterocycles. The topological polar surface area (TPSA) is 22.1 Å². The molecule has 2 heteroatoms. The fourth-order valence-electron chi connectivity index (χ4n) is 4.56. The molecule has 3 aromatic carbocycles. The van der Waals surface area contributed by atoms with Gasteiger partial charge in [0, 0.05) is 22.6 Å². The van der Waals surface area contributed by atoms with Gasteiger partial charge < -0.3 is 4.74 Å². The molecule has 0 fully saturated rings. The summed E-state index contributed by atoms with van der Waals surface area (Å²) >= 11 is 0. The van der Waals surface area contributed by atoms with Crippen LogP contribution >= 0.6 is 0 Å². The molecule has 0 bridgehead atoms. The van der Waals surface area contributed by atoms with Crippen molar-refractivity contribution in [2.24, 2.45) is 0 Å². The van der Waals surface area contributed by atoms with Crippen molar-refractivity contribution in [2.75, 3.05) is 7.11 Å². The molecule has 0 aliphatic rings. The Kier molecular flexibility index (Phi) is 6.13. The normalized spacial score (nSPS) is 11.5. The van der Waals surface area contributed by atoms with Crippen LogP contribution in [-0.4, -0.2) is 12.1 Å². The number of aromatic nitrogens is 1. The molecule has 4 aromatic rings. The number of fused-ring (bicyclic) bond motifs is 1. The summed E-state index contributed by atoms with van der Waals surface area (Å²) in [6.45, 7) is 2.28. The molecule has 30 heavy (non-hydrogen) atoms. The number of hydrogen-bond donors (Lipinski definition) is 0. The molecule has 0 saturated carbocycles. The number of aryl methyl sites for hydroxylation is 1. The Hall–Kier alpha value is -3.13. The van der Waals surface area contributed by atoms with Crippen LogP contribution in [0.2, 0.25) is 0 Å². The standard InChI is InChI=1S/C28H29NO/c1-3-19-28(23-10-6-4-7-11-23,24-12-8-5-9-13-24)20-18-25-16-14-22-15-17-26(30-2)21-27(22)29-25/h4-17,21H,3,18-20H2,1-2H3. The van der Waals surface area contributed by atoms with Gasteiger partial charge in [-0.1, -0.05) is 80.1 Å². The maximum absolute atomic E-state index is 5.38. The van der Waals surface area contributed by atoms with Crippen LogP contribution < -0.4 is 4.74 Å². The van der Waals surface area contributed by atoms with Crippen LogP contribution in [0.5, 0.6) is 5.75 Å². The quantitative estimate of drug-likeness (QED) is 0.322. The Morgan fingerprint density at radius 2 is 1.40 bits per heavy atom. The SMILES string of the molecule is CCCC(CCc1ccc2ccc(OC)cc2n1)(c1ccccc1)c1ccccc1. The maximum atomic E-state index is 5.38. The zero-order chi connectivity index (χ0) is 20.8. The Labute approximate surface area is 179 Å². The van der Waals surface area contributed by atoms with Crippen molar-refractivity contribution in [2.45, 2.75) is 38.0 Å². The molecule has 0 radical (unpaired) electrons. The van der Waals surface area contributed by atoms with E-state index >= 15 is 0 Å². The summed E-state index contributed by atoms with van der Waals surface area (Å²) < 4.78 is 5.38. The average Bonchev–Trinajstić information content (AvgIpc) is 2.82. The molecule has 152 valence electrons. The average molecular weight is 396 g/mol. The van der Waals surface area contributed by atoms with Gasteiger partial charge in [0.15, 0.2) is 0 Å². The van der Waals surface area contributed by atoms with Crippen LogP contribution in [0.1, 0.15) is 43.0 Å². The molecule has 2 nitrogen and oxygen atoms in total. The molecule has 0 spiro atoms. The van der Waals surface area contributed by atoms with E-state index in [0.717, 1.165) is 48.0 Å². The lowest BCUT2D eigenvalue weighted by molar-refractivity contribution is 0.415. The fourth-order valence-corrected chi connectivity index (χ4v) is 4.56. The van der Waals surface area contributed by atoms with Gasteiger partial charge in [-0.05, 0) is 48.6 Å². The summed E-state index contributed by atoms with van der Waals surface area (Å²) in [5, 5.41) is 1.14. The number of benzene rings is 3. The first-order chi connectivity index (χ1) is 14.7. The van der Waals surface area contributed by atoms with Crippen molar-refractivity contribution in [3.8, 4) is 5.75 Å². The van der Waals surface area contributed by atoms with Gasteiger partial charge >= 0.3 is 0 Å². The highest BCUT2D eigenvalue weighted by Gasteiger charge is 2.33. The predicted octanol–water partition coefficient (Wildman–Crippen LogP) is 6.96. The van der Waals surface area contributed by atoms with E-state index < -0.39 is 0 Å². The third-order valence-corrected chi connectivity index (χ3v) is 6.09. The molecular weight excluding hydrogens is 366 g/mol. The van der Waals surface area contributed by atoms with E-state index in [2.05, 4.69) is 85.8 Å². The second-order valence-corrected chi connectivity index (χ2v) is 7.93. The van der Waals surface area contributed by atoms with Crippen LogP contribution in [-0.2, 0) is 11.8 Å². The first kappa shape index (κ1) is 20.2. The van der Waals surface area contributed by atoms with Gasteiger partial charge in [0.25, 0.3) is 0 Å². The number of pyridine rings is 1. The minimum atomic E-state index is -0.0116. The third kappa shape index (κ3) is 4.09. The molecule has 0 amide bonds. The largest absolute Gasteiger partial charge is 0.497 e. The summed E-state index contributed by atoms with van der Waals surface area (Å²) in [5.41, 5.74) is 4.89. The second-order valence-electron chi connectivity index (χ2n) is 7.93. The molecule has 0 aliphatic carbocycles. The molecule has 0 unspecified atom stereocenters. The lowest BCUT2D eigenvalue weighted by Crippen LogP contribution is -2.28. The maximum Gasteiger partial charge on any atom is 0.121 e. The zero-order valence-electron chi connectivity index (χ0n) is 17.8. The Bertz CT molecular complexity index is 1050. The van der Waals surface area contributed by atoms with E-state index in [1.807, 2.05) is 12.1 Å². The summed E-state index contributed by atoms with van der Waals surface area (Å²) in [5.74, 6) is 0.848. The molecular formula is C28H29NO. The molecule has 1 heterocycles. The number of nitrogens with zero attached hydrogens (tertiary/aromatic N) is 1. The summed E-state index contributed by atoms with van der Waals surface area (Å²) in [4.78, 5) is 4.95. The van der Waals surface area contributed by atoms with E-state index in [1.54, 1.807) is 7.11 Å². The lowest BCUT2D eigenvalue weighted by Gasteiger charge is -2.35. The van der Waals surface area contributed by atoms with Crippen molar-refractivity contribution in [3.63, 3.8) is 0 Å². The van der Waals surface area contributed by atoms with Gasteiger partial charge in [0.1, 0.15) is 5.75 Å². The third-order valence-electron chi connectivity index (χ3n) is 6.09. The van der Waals surface area contributed by atoms with Crippen molar-refractivity contribution in [1.82, 2.24) is 4.98 Å². The monoisotopic (exact) mass is 395 g/mol. The lowest BCUT2D eigenvalue weighted by atomic mass is 9.68. The molecule has 1 aromatic heterocycles. The molecule has 4 rings (SSSR count). The highest BCUT2D eigenvalue weighted by atomic mass is 16.5. The molecule has 0 N–H and O–H groups in total. The Morgan fingerprint density at radius 1 is 0.767 bits per heavy atom. The summed E-state index contributed by atoms with van der Waals surface area (Å²) in [7, 11) is 1.70. The van der Waals surface area contributed by atoms with Crippen LogP contribution in [0, 0.1) is 0 Å². The second kappa shape index (κ2) is 9.13. The van der Waals surface area contributed by atoms with Gasteiger partial charge in [-0.2, -0.15) is 0 Å². The van der Waals surface area contributed by atoms with Crippen molar-refractivity contribution in [3.05, 3.63) is 108 Å². The zero-order valence-corrected chi connectivity index (χ0v) is 17.8. The number of methoxy groups -OCH3 is 1. The minimum Gasteiger partial charge on any atom is -0.497 e. The van der Waals surface area contributed by atoms with Crippen LogP contribution in [0.4, 0.5) is 0 Å². The van der Waals surface area contributed by atoms with Crippen LogP contribution in [0.3, 0.4) is 0 Å². The number of ether oxygens (including phenoxy) is 1. The van der Waals surface area contributed by atoms with Gasteiger partial charge in [-0.3, -0.25) is 4.98 Å². The van der Waals surface area contributed by atoms with Crippen LogP contribution in [0.25, 0.3) is 10.9 Å². The Balaban J connectivity index is 1.71. The number of rotatable bonds is 8. The van der Waals surface area contributed by atoms with Gasteiger partial charge in [-0.15, -0.1) is 0 Å². The van der Waals surface area contributed by atoms with Crippen LogP contribution in [0.15, 0.2) is 91.0 Å². The molecule has 0 aliphatic heterocycles. The van der Waals surface area contributed by atoms with E-state index in [1.165, 1.54) is 11.1 Å². The highest BCUT2D eigenvalue weighted by Crippen LogP contribution is 2.41. The van der Waals surface area contributed by atoms with Crippen molar-refractivity contribution in [1.29, 1.82) is 0 Å². The van der Waals surface area contributed by atoms with Crippen molar-refractivity contribution < 1.29 is 4.74 Å². The molecule has 0 atom stereocenters.